The molecule has 2 amide bonds. The first kappa shape index (κ1) is 17.6. The van der Waals surface area contributed by atoms with Crippen LogP contribution in [0.25, 0.3) is 0 Å². The molecule has 5 nitrogen and oxygen atoms in total. The predicted octanol–water partition coefficient (Wildman–Crippen LogP) is 1.93. The van der Waals surface area contributed by atoms with Crippen LogP contribution in [0.3, 0.4) is 0 Å². The van der Waals surface area contributed by atoms with E-state index in [1.807, 2.05) is 19.1 Å². The maximum atomic E-state index is 13.5. The van der Waals surface area contributed by atoms with Gasteiger partial charge in [0, 0.05) is 37.6 Å². The average molecular weight is 329 g/mol. The van der Waals surface area contributed by atoms with E-state index in [0.29, 0.717) is 25.1 Å². The Bertz CT molecular complexity index is 692. The van der Waals surface area contributed by atoms with E-state index in [2.05, 4.69) is 10.3 Å². The molecule has 1 heterocycles. The molecule has 0 aliphatic carbocycles. The van der Waals surface area contributed by atoms with Gasteiger partial charge in [-0.1, -0.05) is 18.2 Å². The van der Waals surface area contributed by atoms with Crippen molar-refractivity contribution >= 4 is 11.8 Å². The topological polar surface area (TPSA) is 62.3 Å². The molecule has 0 saturated heterocycles. The quantitative estimate of drug-likeness (QED) is 0.824. The second-order valence-corrected chi connectivity index (χ2v) is 5.26. The lowest BCUT2D eigenvalue weighted by molar-refractivity contribution is -0.145. The standard InChI is InChI=1S/C18H20FN3O2/c1-2-22(12-9-14-7-10-20-11-8-14)18(24)17(23)21-13-15-5-3-4-6-16(15)19/h3-8,10-11H,2,9,12-13H2,1H3,(H,21,23). The number of likely N-dealkylation sites (N-methyl/N-ethyl adjacent to an activating group) is 1. The Morgan fingerprint density at radius 3 is 2.54 bits per heavy atom. The zero-order chi connectivity index (χ0) is 17.4. The van der Waals surface area contributed by atoms with Gasteiger partial charge in [0.25, 0.3) is 0 Å². The number of halogens is 1. The van der Waals surface area contributed by atoms with E-state index in [1.54, 1.807) is 30.6 Å². The summed E-state index contributed by atoms with van der Waals surface area (Å²) >= 11 is 0. The molecule has 0 aliphatic heterocycles. The SMILES string of the molecule is CCN(CCc1ccncc1)C(=O)C(=O)NCc1ccccc1F. The van der Waals surface area contributed by atoms with Crippen molar-refractivity contribution in [1.82, 2.24) is 15.2 Å². The zero-order valence-corrected chi connectivity index (χ0v) is 13.5. The molecule has 0 aliphatic rings. The van der Waals surface area contributed by atoms with Crippen LogP contribution in [0.15, 0.2) is 48.8 Å². The van der Waals surface area contributed by atoms with Crippen LogP contribution in [-0.2, 0) is 22.6 Å². The summed E-state index contributed by atoms with van der Waals surface area (Å²) in [6, 6.07) is 9.88. The van der Waals surface area contributed by atoms with Gasteiger partial charge in [0.15, 0.2) is 0 Å². The van der Waals surface area contributed by atoms with Crippen molar-refractivity contribution in [3.63, 3.8) is 0 Å². The van der Waals surface area contributed by atoms with Crippen molar-refractivity contribution in [3.05, 3.63) is 65.7 Å². The van der Waals surface area contributed by atoms with Crippen molar-refractivity contribution in [3.8, 4) is 0 Å². The van der Waals surface area contributed by atoms with Gasteiger partial charge >= 0.3 is 11.8 Å². The van der Waals surface area contributed by atoms with Gasteiger partial charge in [0.05, 0.1) is 0 Å². The van der Waals surface area contributed by atoms with Gasteiger partial charge in [-0.05, 0) is 37.1 Å². The van der Waals surface area contributed by atoms with E-state index >= 15 is 0 Å². The van der Waals surface area contributed by atoms with Crippen molar-refractivity contribution in [2.24, 2.45) is 0 Å². The summed E-state index contributed by atoms with van der Waals surface area (Å²) in [5.74, 6) is -1.74. The van der Waals surface area contributed by atoms with E-state index < -0.39 is 17.6 Å². The van der Waals surface area contributed by atoms with Gasteiger partial charge in [-0.15, -0.1) is 0 Å². The Balaban J connectivity index is 1.87. The van der Waals surface area contributed by atoms with Gasteiger partial charge in [-0.25, -0.2) is 4.39 Å². The fraction of sp³-hybridized carbons (Fsp3) is 0.278. The summed E-state index contributed by atoms with van der Waals surface area (Å²) in [6.07, 6.45) is 4.02. The van der Waals surface area contributed by atoms with Crippen molar-refractivity contribution in [2.45, 2.75) is 19.9 Å². The second kappa shape index (κ2) is 8.76. The number of hydrogen-bond donors (Lipinski definition) is 1. The molecule has 126 valence electrons. The first-order valence-electron chi connectivity index (χ1n) is 7.81. The predicted molar refractivity (Wildman–Crippen MR) is 88.4 cm³/mol. The van der Waals surface area contributed by atoms with E-state index in [0.717, 1.165) is 5.56 Å². The van der Waals surface area contributed by atoms with Gasteiger partial charge in [0.2, 0.25) is 0 Å². The first-order valence-corrected chi connectivity index (χ1v) is 7.81. The van der Waals surface area contributed by atoms with E-state index in [4.69, 9.17) is 0 Å². The van der Waals surface area contributed by atoms with Crippen LogP contribution in [0.1, 0.15) is 18.1 Å². The lowest BCUT2D eigenvalue weighted by Crippen LogP contribution is -2.43. The molecule has 24 heavy (non-hydrogen) atoms. The van der Waals surface area contributed by atoms with Crippen LogP contribution in [0.2, 0.25) is 0 Å². The third-order valence-corrected chi connectivity index (χ3v) is 3.68. The monoisotopic (exact) mass is 329 g/mol. The highest BCUT2D eigenvalue weighted by Crippen LogP contribution is 2.06. The van der Waals surface area contributed by atoms with Gasteiger partial charge in [-0.3, -0.25) is 14.6 Å². The van der Waals surface area contributed by atoms with Gasteiger partial charge in [-0.2, -0.15) is 0 Å². The molecule has 0 saturated carbocycles. The summed E-state index contributed by atoms with van der Waals surface area (Å²) in [5, 5.41) is 2.47. The molecule has 2 rings (SSSR count). The van der Waals surface area contributed by atoms with Gasteiger partial charge < -0.3 is 10.2 Å². The summed E-state index contributed by atoms with van der Waals surface area (Å²) < 4.78 is 13.5. The normalized spacial score (nSPS) is 10.2. The van der Waals surface area contributed by atoms with Crippen LogP contribution < -0.4 is 5.32 Å². The van der Waals surface area contributed by atoms with Crippen molar-refractivity contribution in [2.75, 3.05) is 13.1 Å². The highest BCUT2D eigenvalue weighted by Gasteiger charge is 2.20. The number of nitrogens with one attached hydrogen (secondary N) is 1. The smallest absolute Gasteiger partial charge is 0.311 e. The Hall–Kier alpha value is -2.76. The molecule has 0 bridgehead atoms. The second-order valence-electron chi connectivity index (χ2n) is 5.26. The maximum absolute atomic E-state index is 13.5. The number of pyridine rings is 1. The Morgan fingerprint density at radius 1 is 1.17 bits per heavy atom. The summed E-state index contributed by atoms with van der Waals surface area (Å²) in [5.41, 5.74) is 1.39. The van der Waals surface area contributed by atoms with Gasteiger partial charge in [0.1, 0.15) is 5.82 Å². The number of rotatable bonds is 6. The third kappa shape index (κ3) is 4.87. The minimum Gasteiger partial charge on any atom is -0.344 e. The average Bonchev–Trinajstić information content (AvgIpc) is 2.62. The number of carbonyl (C=O) groups excluding carboxylic acids is 2. The molecule has 1 aromatic carbocycles. The zero-order valence-electron chi connectivity index (χ0n) is 13.5. The van der Waals surface area contributed by atoms with E-state index in [-0.39, 0.29) is 6.54 Å². The number of hydrogen-bond acceptors (Lipinski definition) is 3. The lowest BCUT2D eigenvalue weighted by Gasteiger charge is -2.20. The molecule has 0 radical (unpaired) electrons. The van der Waals surface area contributed by atoms with Crippen LogP contribution in [0.5, 0.6) is 0 Å². The molecule has 0 unspecified atom stereocenters. The Labute approximate surface area is 140 Å². The maximum Gasteiger partial charge on any atom is 0.311 e. The van der Waals surface area contributed by atoms with Crippen LogP contribution >= 0.6 is 0 Å². The van der Waals surface area contributed by atoms with E-state index in [9.17, 15) is 14.0 Å². The number of aromatic nitrogens is 1. The third-order valence-electron chi connectivity index (χ3n) is 3.68. The molecular formula is C18H20FN3O2. The van der Waals surface area contributed by atoms with Crippen LogP contribution in [0, 0.1) is 5.82 Å². The van der Waals surface area contributed by atoms with Crippen molar-refractivity contribution < 1.29 is 14.0 Å². The van der Waals surface area contributed by atoms with E-state index in [1.165, 1.54) is 11.0 Å². The van der Waals surface area contributed by atoms with Crippen molar-refractivity contribution in [1.29, 1.82) is 0 Å². The fourth-order valence-corrected chi connectivity index (χ4v) is 2.25. The number of nitrogens with zero attached hydrogens (tertiary/aromatic N) is 2. The summed E-state index contributed by atoms with van der Waals surface area (Å²) in [6.45, 7) is 2.66. The summed E-state index contributed by atoms with van der Waals surface area (Å²) in [7, 11) is 0. The molecule has 1 N–H and O–H groups in total. The molecule has 0 atom stereocenters. The summed E-state index contributed by atoms with van der Waals surface area (Å²) in [4.78, 5) is 29.6. The molecule has 2 aromatic rings. The molecule has 1 aromatic heterocycles. The number of amides is 2. The number of benzene rings is 1. The fourth-order valence-electron chi connectivity index (χ4n) is 2.25. The largest absolute Gasteiger partial charge is 0.344 e. The highest BCUT2D eigenvalue weighted by molar-refractivity contribution is 6.34. The van der Waals surface area contributed by atoms with Crippen LogP contribution in [-0.4, -0.2) is 34.8 Å². The number of carbonyl (C=O) groups is 2. The highest BCUT2D eigenvalue weighted by atomic mass is 19.1. The van der Waals surface area contributed by atoms with Crippen LogP contribution in [0.4, 0.5) is 4.39 Å². The lowest BCUT2D eigenvalue weighted by atomic mass is 10.2. The minimum absolute atomic E-state index is 0.0147. The molecule has 0 spiro atoms. The molecule has 0 fully saturated rings. The Kier molecular flexibility index (Phi) is 6.42. The first-order chi connectivity index (χ1) is 11.6. The molecule has 6 heteroatoms. The Morgan fingerprint density at radius 2 is 1.88 bits per heavy atom. The molecular weight excluding hydrogens is 309 g/mol. The minimum atomic E-state index is -0.727.